The average molecular weight is 262 g/mol. The first-order valence-corrected chi connectivity index (χ1v) is 5.53. The lowest BCUT2D eigenvalue weighted by molar-refractivity contribution is 0.165. The van der Waals surface area contributed by atoms with Crippen molar-refractivity contribution in [1.82, 2.24) is 15.1 Å². The first kappa shape index (κ1) is 11.7. The van der Waals surface area contributed by atoms with Gasteiger partial charge in [-0.05, 0) is 29.4 Å². The van der Waals surface area contributed by atoms with Gasteiger partial charge in [-0.3, -0.25) is 4.68 Å². The van der Waals surface area contributed by atoms with E-state index in [2.05, 4.69) is 33.3 Å². The molecule has 1 aromatic rings. The van der Waals surface area contributed by atoms with Gasteiger partial charge in [0, 0.05) is 13.1 Å². The largest absolute Gasteiger partial charge is 0.385 e. The lowest BCUT2D eigenvalue weighted by atomic mass is 10.2. The Hall–Kier alpha value is -0.390. The summed E-state index contributed by atoms with van der Waals surface area (Å²) in [7, 11) is 1.82. The second-order valence-electron chi connectivity index (χ2n) is 3.17. The van der Waals surface area contributed by atoms with Crippen molar-refractivity contribution in [1.29, 1.82) is 0 Å². The fraction of sp³-hybridized carbons (Fsp3) is 0.667. The zero-order valence-electron chi connectivity index (χ0n) is 8.50. The molecule has 0 aliphatic carbocycles. The highest BCUT2D eigenvalue weighted by atomic mass is 79.9. The van der Waals surface area contributed by atoms with Crippen molar-refractivity contribution in [3.8, 4) is 0 Å². The smallest absolute Gasteiger partial charge is 0.109 e. The first-order chi connectivity index (χ1) is 6.70. The Morgan fingerprint density at radius 1 is 1.71 bits per heavy atom. The molecule has 80 valence electrons. The van der Waals surface area contributed by atoms with E-state index in [9.17, 15) is 5.11 Å². The molecule has 0 radical (unpaired) electrons. The molecule has 2 N–H and O–H groups in total. The molecule has 0 aliphatic heterocycles. The molecule has 0 saturated carbocycles. The minimum absolute atomic E-state index is 0.511. The van der Waals surface area contributed by atoms with Crippen LogP contribution in [0.4, 0.5) is 0 Å². The molecule has 0 aliphatic rings. The van der Waals surface area contributed by atoms with Gasteiger partial charge in [0.05, 0.1) is 16.4 Å². The van der Waals surface area contributed by atoms with E-state index in [1.165, 1.54) is 0 Å². The number of aromatic nitrogens is 2. The highest BCUT2D eigenvalue weighted by Gasteiger charge is 2.16. The molecular formula is C9H16BrN3O. The molecule has 4 nitrogen and oxygen atoms in total. The number of likely N-dealkylation sites (N-methyl/N-ethyl adjacent to an activating group) is 1. The minimum atomic E-state index is -0.511. The minimum Gasteiger partial charge on any atom is -0.385 e. The van der Waals surface area contributed by atoms with Crippen molar-refractivity contribution in [2.45, 2.75) is 26.0 Å². The molecule has 1 atom stereocenters. The van der Waals surface area contributed by atoms with Crippen molar-refractivity contribution < 1.29 is 5.11 Å². The molecule has 1 rings (SSSR count). The number of rotatable bonds is 5. The highest BCUT2D eigenvalue weighted by molar-refractivity contribution is 9.10. The molecule has 0 saturated heterocycles. The van der Waals surface area contributed by atoms with Crippen LogP contribution in [0.3, 0.4) is 0 Å². The predicted octanol–water partition coefficient (Wildman–Crippen LogP) is 1.31. The molecule has 1 aromatic heterocycles. The second kappa shape index (κ2) is 5.48. The van der Waals surface area contributed by atoms with Gasteiger partial charge in [0.2, 0.25) is 0 Å². The van der Waals surface area contributed by atoms with Gasteiger partial charge in [0.15, 0.2) is 0 Å². The van der Waals surface area contributed by atoms with Gasteiger partial charge in [0.1, 0.15) is 6.10 Å². The Morgan fingerprint density at radius 3 is 3.00 bits per heavy atom. The SMILES string of the molecule is CCCn1ncc(Br)c1C(O)CNC. The van der Waals surface area contributed by atoms with Crippen molar-refractivity contribution in [2.75, 3.05) is 13.6 Å². The fourth-order valence-electron chi connectivity index (χ4n) is 1.38. The van der Waals surface area contributed by atoms with Crippen molar-refractivity contribution >= 4 is 15.9 Å². The molecule has 0 fully saturated rings. The molecule has 0 bridgehead atoms. The van der Waals surface area contributed by atoms with Gasteiger partial charge in [-0.2, -0.15) is 5.10 Å². The third kappa shape index (κ3) is 2.56. The Bertz CT molecular complexity index is 288. The Morgan fingerprint density at radius 2 is 2.43 bits per heavy atom. The number of halogens is 1. The van der Waals surface area contributed by atoms with E-state index in [-0.39, 0.29) is 0 Å². The lowest BCUT2D eigenvalue weighted by Crippen LogP contribution is -2.20. The maximum atomic E-state index is 9.84. The van der Waals surface area contributed by atoms with Gasteiger partial charge in [-0.1, -0.05) is 6.92 Å². The van der Waals surface area contributed by atoms with E-state index in [0.717, 1.165) is 23.1 Å². The normalized spacial score (nSPS) is 13.1. The molecule has 1 unspecified atom stereocenters. The zero-order chi connectivity index (χ0) is 10.6. The Balaban J connectivity index is 2.86. The van der Waals surface area contributed by atoms with Crippen molar-refractivity contribution in [2.24, 2.45) is 0 Å². The van der Waals surface area contributed by atoms with E-state index in [0.29, 0.717) is 6.54 Å². The number of aliphatic hydroxyl groups excluding tert-OH is 1. The summed E-state index contributed by atoms with van der Waals surface area (Å²) in [5.74, 6) is 0. The quantitative estimate of drug-likeness (QED) is 0.841. The zero-order valence-corrected chi connectivity index (χ0v) is 10.1. The summed E-state index contributed by atoms with van der Waals surface area (Å²) in [5.41, 5.74) is 0.848. The Kier molecular flexibility index (Phi) is 4.57. The summed E-state index contributed by atoms with van der Waals surface area (Å²) >= 11 is 3.39. The number of nitrogens with zero attached hydrogens (tertiary/aromatic N) is 2. The van der Waals surface area contributed by atoms with Crippen molar-refractivity contribution in [3.05, 3.63) is 16.4 Å². The van der Waals surface area contributed by atoms with Crippen LogP contribution in [0, 0.1) is 0 Å². The van der Waals surface area contributed by atoms with Crippen LogP contribution in [0.15, 0.2) is 10.7 Å². The fourth-order valence-corrected chi connectivity index (χ4v) is 1.94. The van der Waals surface area contributed by atoms with E-state index in [4.69, 9.17) is 0 Å². The number of hydrogen-bond donors (Lipinski definition) is 2. The molecule has 1 heterocycles. The maximum Gasteiger partial charge on any atom is 0.109 e. The van der Waals surface area contributed by atoms with Crippen LogP contribution < -0.4 is 5.32 Å². The second-order valence-corrected chi connectivity index (χ2v) is 4.03. The van der Waals surface area contributed by atoms with Crippen LogP contribution in [0.2, 0.25) is 0 Å². The molecule has 0 spiro atoms. The molecule has 0 aromatic carbocycles. The maximum absolute atomic E-state index is 9.84. The van der Waals surface area contributed by atoms with E-state index in [1.54, 1.807) is 6.20 Å². The summed E-state index contributed by atoms with van der Waals surface area (Å²) in [6.45, 7) is 3.46. The summed E-state index contributed by atoms with van der Waals surface area (Å²) in [5, 5.41) is 17.0. The van der Waals surface area contributed by atoms with Gasteiger partial charge < -0.3 is 10.4 Å². The number of hydrogen-bond acceptors (Lipinski definition) is 3. The van der Waals surface area contributed by atoms with Gasteiger partial charge in [-0.25, -0.2) is 0 Å². The molecule has 14 heavy (non-hydrogen) atoms. The van der Waals surface area contributed by atoms with Crippen LogP contribution in [-0.2, 0) is 6.54 Å². The molecular weight excluding hydrogens is 246 g/mol. The first-order valence-electron chi connectivity index (χ1n) is 4.74. The summed E-state index contributed by atoms with van der Waals surface area (Å²) in [6.07, 6.45) is 2.22. The van der Waals surface area contributed by atoms with Crippen LogP contribution >= 0.6 is 15.9 Å². The van der Waals surface area contributed by atoms with E-state index >= 15 is 0 Å². The number of aryl methyl sites for hydroxylation is 1. The average Bonchev–Trinajstić information content (AvgIpc) is 2.48. The van der Waals surface area contributed by atoms with Crippen LogP contribution in [0.25, 0.3) is 0 Å². The molecule has 0 amide bonds. The number of nitrogens with one attached hydrogen (secondary N) is 1. The van der Waals surface area contributed by atoms with Crippen LogP contribution in [0.1, 0.15) is 25.1 Å². The summed E-state index contributed by atoms with van der Waals surface area (Å²) < 4.78 is 2.71. The summed E-state index contributed by atoms with van der Waals surface area (Å²) in [4.78, 5) is 0. The van der Waals surface area contributed by atoms with Crippen LogP contribution in [-0.4, -0.2) is 28.5 Å². The van der Waals surface area contributed by atoms with Crippen LogP contribution in [0.5, 0.6) is 0 Å². The summed E-state index contributed by atoms with van der Waals surface area (Å²) in [6, 6.07) is 0. The third-order valence-corrected chi connectivity index (χ3v) is 2.59. The van der Waals surface area contributed by atoms with E-state index < -0.39 is 6.10 Å². The third-order valence-electron chi connectivity index (χ3n) is 1.98. The Labute approximate surface area is 92.4 Å². The highest BCUT2D eigenvalue weighted by Crippen LogP contribution is 2.22. The monoisotopic (exact) mass is 261 g/mol. The molecule has 5 heteroatoms. The van der Waals surface area contributed by atoms with Gasteiger partial charge in [-0.15, -0.1) is 0 Å². The van der Waals surface area contributed by atoms with Gasteiger partial charge in [0.25, 0.3) is 0 Å². The van der Waals surface area contributed by atoms with E-state index in [1.807, 2.05) is 11.7 Å². The lowest BCUT2D eigenvalue weighted by Gasteiger charge is -2.13. The van der Waals surface area contributed by atoms with Crippen molar-refractivity contribution in [3.63, 3.8) is 0 Å². The number of aliphatic hydroxyl groups is 1. The standard InChI is InChI=1S/C9H16BrN3O/c1-3-4-13-9(7(10)5-12-13)8(14)6-11-2/h5,8,11,14H,3-4,6H2,1-2H3. The van der Waals surface area contributed by atoms with Gasteiger partial charge >= 0.3 is 0 Å². The predicted molar refractivity (Wildman–Crippen MR) is 59.1 cm³/mol. The topological polar surface area (TPSA) is 50.1 Å².